The smallest absolute Gasteiger partial charge is 0.255 e. The minimum Gasteiger partial charge on any atom is -0.491 e. The normalized spacial score (nSPS) is 10.5. The maximum Gasteiger partial charge on any atom is 0.255 e. The number of carbonyl (C=O) groups is 2. The Bertz CT molecular complexity index is 1150. The fourth-order valence-corrected chi connectivity index (χ4v) is 3.34. The molecule has 0 unspecified atom stereocenters. The molecule has 0 bridgehead atoms. The number of rotatable bonds is 11. The van der Waals surface area contributed by atoms with Crippen LogP contribution in [0.3, 0.4) is 0 Å². The summed E-state index contributed by atoms with van der Waals surface area (Å²) < 4.78 is 10.8. The first kappa shape index (κ1) is 25.7. The monoisotopic (exact) mass is 476 g/mol. The molecule has 0 fully saturated rings. The molecule has 0 aliphatic carbocycles. The van der Waals surface area contributed by atoms with Gasteiger partial charge in [0.05, 0.1) is 6.61 Å². The summed E-state index contributed by atoms with van der Waals surface area (Å²) in [4.78, 5) is 27.6. The van der Waals surface area contributed by atoms with E-state index in [2.05, 4.69) is 10.6 Å². The van der Waals surface area contributed by atoms with Gasteiger partial charge < -0.3 is 30.7 Å². The van der Waals surface area contributed by atoms with E-state index in [0.717, 1.165) is 11.3 Å². The number of nitrogens with zero attached hydrogens (tertiary/aromatic N) is 1. The standard InChI is InChI=1S/C27H32N4O4/c1-4-34-14-15-35-24-12-9-19(10-13-24)26(32)30-25-17-22(11-8-21(25)18-28)29-27(33)20-6-5-7-23(16-20)31(2)3/h5-13,16-17H,4,14-15,18,28H2,1-3H3,(H,29,33)(H,30,32). The second-order valence-electron chi connectivity index (χ2n) is 8.00. The lowest BCUT2D eigenvalue weighted by molar-refractivity contribution is 0.101. The van der Waals surface area contributed by atoms with Crippen molar-refractivity contribution in [1.82, 2.24) is 0 Å². The molecule has 0 saturated heterocycles. The van der Waals surface area contributed by atoms with E-state index in [9.17, 15) is 9.59 Å². The van der Waals surface area contributed by atoms with Crippen molar-refractivity contribution in [2.24, 2.45) is 5.73 Å². The number of hydrogen-bond acceptors (Lipinski definition) is 6. The van der Waals surface area contributed by atoms with Crippen molar-refractivity contribution in [3.05, 3.63) is 83.4 Å². The molecule has 0 aliphatic heterocycles. The maximum atomic E-state index is 12.8. The van der Waals surface area contributed by atoms with Crippen molar-refractivity contribution in [1.29, 1.82) is 0 Å². The number of nitrogens with two attached hydrogens (primary N) is 1. The highest BCUT2D eigenvalue weighted by Gasteiger charge is 2.12. The third kappa shape index (κ3) is 7.30. The quantitative estimate of drug-likeness (QED) is 0.359. The molecule has 2 amide bonds. The van der Waals surface area contributed by atoms with Crippen LogP contribution in [0.5, 0.6) is 5.75 Å². The van der Waals surface area contributed by atoms with Crippen LogP contribution in [0.4, 0.5) is 17.1 Å². The predicted octanol–water partition coefficient (Wildman–Crippen LogP) is 4.13. The largest absolute Gasteiger partial charge is 0.491 e. The summed E-state index contributed by atoms with van der Waals surface area (Å²) in [6, 6.07) is 19.5. The van der Waals surface area contributed by atoms with E-state index in [1.807, 2.05) is 44.1 Å². The third-order valence-corrected chi connectivity index (χ3v) is 5.28. The van der Waals surface area contributed by atoms with E-state index in [-0.39, 0.29) is 18.4 Å². The van der Waals surface area contributed by atoms with Gasteiger partial charge in [-0.3, -0.25) is 9.59 Å². The molecule has 0 aliphatic rings. The molecule has 4 N–H and O–H groups in total. The summed E-state index contributed by atoms with van der Waals surface area (Å²) in [5.41, 5.74) is 9.64. The molecular formula is C27H32N4O4. The van der Waals surface area contributed by atoms with Gasteiger partial charge in [-0.05, 0) is 67.1 Å². The molecule has 0 saturated carbocycles. The fraction of sp³-hybridized carbons (Fsp3) is 0.259. The van der Waals surface area contributed by atoms with Gasteiger partial charge in [-0.2, -0.15) is 0 Å². The van der Waals surface area contributed by atoms with Crippen molar-refractivity contribution in [3.8, 4) is 5.75 Å². The van der Waals surface area contributed by atoms with Crippen LogP contribution in [0.2, 0.25) is 0 Å². The minimum atomic E-state index is -0.289. The topological polar surface area (TPSA) is 106 Å². The first-order valence-corrected chi connectivity index (χ1v) is 11.4. The summed E-state index contributed by atoms with van der Waals surface area (Å²) in [7, 11) is 3.83. The van der Waals surface area contributed by atoms with Crippen molar-refractivity contribution in [2.45, 2.75) is 13.5 Å². The number of carbonyl (C=O) groups excluding carboxylic acids is 2. The Morgan fingerprint density at radius 3 is 2.31 bits per heavy atom. The Hall–Kier alpha value is -3.88. The Kier molecular flexibility index (Phi) is 9.23. The van der Waals surface area contributed by atoms with Gasteiger partial charge in [-0.15, -0.1) is 0 Å². The fourth-order valence-electron chi connectivity index (χ4n) is 3.34. The molecule has 3 rings (SSSR count). The highest BCUT2D eigenvalue weighted by atomic mass is 16.5. The van der Waals surface area contributed by atoms with E-state index in [4.69, 9.17) is 15.2 Å². The van der Waals surface area contributed by atoms with Gasteiger partial charge in [0.2, 0.25) is 0 Å². The van der Waals surface area contributed by atoms with Crippen LogP contribution in [0.25, 0.3) is 0 Å². The lowest BCUT2D eigenvalue weighted by Crippen LogP contribution is -2.16. The molecule has 0 radical (unpaired) electrons. The highest BCUT2D eigenvalue weighted by molar-refractivity contribution is 6.07. The summed E-state index contributed by atoms with van der Waals surface area (Å²) in [5.74, 6) is 0.126. The molecule has 0 aromatic heterocycles. The van der Waals surface area contributed by atoms with E-state index in [1.54, 1.807) is 48.5 Å². The van der Waals surface area contributed by atoms with Gasteiger partial charge in [0, 0.05) is 55.4 Å². The third-order valence-electron chi connectivity index (χ3n) is 5.28. The number of nitrogens with one attached hydrogen (secondary N) is 2. The number of hydrogen-bond donors (Lipinski definition) is 3. The van der Waals surface area contributed by atoms with Crippen LogP contribution in [0.15, 0.2) is 66.7 Å². The van der Waals surface area contributed by atoms with E-state index in [1.165, 1.54) is 0 Å². The lowest BCUT2D eigenvalue weighted by Gasteiger charge is -2.15. The zero-order chi connectivity index (χ0) is 25.2. The Labute approximate surface area is 206 Å². The predicted molar refractivity (Wildman–Crippen MR) is 139 cm³/mol. The number of benzene rings is 3. The molecule has 0 heterocycles. The maximum absolute atomic E-state index is 12.8. The van der Waals surface area contributed by atoms with Crippen molar-refractivity contribution in [3.63, 3.8) is 0 Å². The highest BCUT2D eigenvalue weighted by Crippen LogP contribution is 2.23. The zero-order valence-electron chi connectivity index (χ0n) is 20.3. The molecule has 8 heteroatoms. The molecule has 8 nitrogen and oxygen atoms in total. The lowest BCUT2D eigenvalue weighted by atomic mass is 10.1. The molecular weight excluding hydrogens is 444 g/mol. The second kappa shape index (κ2) is 12.5. The molecule has 3 aromatic carbocycles. The van der Waals surface area contributed by atoms with Crippen LogP contribution >= 0.6 is 0 Å². The summed E-state index contributed by atoms with van der Waals surface area (Å²) in [5, 5.41) is 5.79. The van der Waals surface area contributed by atoms with Gasteiger partial charge in [-0.25, -0.2) is 0 Å². The summed E-state index contributed by atoms with van der Waals surface area (Å²) >= 11 is 0. The van der Waals surface area contributed by atoms with Gasteiger partial charge >= 0.3 is 0 Å². The number of amides is 2. The molecule has 0 atom stereocenters. The van der Waals surface area contributed by atoms with E-state index < -0.39 is 0 Å². The van der Waals surface area contributed by atoms with Crippen LogP contribution < -0.4 is 26.0 Å². The van der Waals surface area contributed by atoms with Crippen molar-refractivity contribution in [2.75, 3.05) is 49.4 Å². The summed E-state index contributed by atoms with van der Waals surface area (Å²) in [6.45, 7) is 3.76. The van der Waals surface area contributed by atoms with E-state index in [0.29, 0.717) is 48.1 Å². The van der Waals surface area contributed by atoms with Gasteiger partial charge in [0.25, 0.3) is 11.8 Å². The Balaban J connectivity index is 1.69. The average molecular weight is 477 g/mol. The Morgan fingerprint density at radius 2 is 1.63 bits per heavy atom. The van der Waals surface area contributed by atoms with Gasteiger partial charge in [0.1, 0.15) is 12.4 Å². The van der Waals surface area contributed by atoms with Crippen molar-refractivity contribution >= 4 is 28.9 Å². The molecule has 184 valence electrons. The van der Waals surface area contributed by atoms with Crippen LogP contribution in [0, 0.1) is 0 Å². The number of ether oxygens (including phenoxy) is 2. The van der Waals surface area contributed by atoms with E-state index >= 15 is 0 Å². The van der Waals surface area contributed by atoms with Gasteiger partial charge in [0.15, 0.2) is 0 Å². The molecule has 35 heavy (non-hydrogen) atoms. The van der Waals surface area contributed by atoms with Crippen LogP contribution in [-0.2, 0) is 11.3 Å². The average Bonchev–Trinajstić information content (AvgIpc) is 2.87. The first-order chi connectivity index (χ1) is 16.9. The molecule has 0 spiro atoms. The first-order valence-electron chi connectivity index (χ1n) is 11.4. The second-order valence-corrected chi connectivity index (χ2v) is 8.00. The summed E-state index contributed by atoms with van der Waals surface area (Å²) in [6.07, 6.45) is 0. The Morgan fingerprint density at radius 1 is 0.886 bits per heavy atom. The van der Waals surface area contributed by atoms with Crippen LogP contribution in [0.1, 0.15) is 33.2 Å². The molecule has 3 aromatic rings. The zero-order valence-corrected chi connectivity index (χ0v) is 20.3. The minimum absolute atomic E-state index is 0.237. The van der Waals surface area contributed by atoms with Gasteiger partial charge in [-0.1, -0.05) is 12.1 Å². The van der Waals surface area contributed by atoms with Crippen LogP contribution in [-0.4, -0.2) is 45.7 Å². The number of anilines is 3. The van der Waals surface area contributed by atoms with Crippen molar-refractivity contribution < 1.29 is 19.1 Å². The SMILES string of the molecule is CCOCCOc1ccc(C(=O)Nc2cc(NC(=O)c3cccc(N(C)C)c3)ccc2CN)cc1.